The van der Waals surface area contributed by atoms with E-state index in [-0.39, 0.29) is 0 Å². The first-order valence-electron chi connectivity index (χ1n) is 15.3. The summed E-state index contributed by atoms with van der Waals surface area (Å²) in [6, 6.07) is 37.9. The van der Waals surface area contributed by atoms with Crippen LogP contribution in [0.2, 0.25) is 0 Å². The molecule has 6 aromatic carbocycles. The van der Waals surface area contributed by atoms with Gasteiger partial charge in [0.2, 0.25) is 0 Å². The first kappa shape index (κ1) is 26.5. The second kappa shape index (κ2) is 9.16. The summed E-state index contributed by atoms with van der Waals surface area (Å²) >= 11 is 0. The second-order valence-electron chi connectivity index (χ2n) is 13.2. The Morgan fingerprint density at radius 3 is 1.42 bits per heavy atom. The molecular weight excluding hydrogens is 523 g/mol. The minimum absolute atomic E-state index is 0.406. The highest BCUT2D eigenvalue weighted by molar-refractivity contribution is 6.65. The summed E-state index contributed by atoms with van der Waals surface area (Å²) in [5, 5.41) is 5.04. The molecule has 3 heteroatoms. The fourth-order valence-corrected chi connectivity index (χ4v) is 7.26. The molecule has 0 spiro atoms. The molecule has 0 saturated carbocycles. The van der Waals surface area contributed by atoms with Gasteiger partial charge in [-0.15, -0.1) is 0 Å². The van der Waals surface area contributed by atoms with Gasteiger partial charge in [-0.1, -0.05) is 103 Å². The van der Waals surface area contributed by atoms with Crippen molar-refractivity contribution in [2.45, 2.75) is 52.7 Å². The fraction of sp³-hybridized carbons (Fsp3) is 0.200. The highest BCUT2D eigenvalue weighted by Crippen LogP contribution is 2.58. The summed E-state index contributed by atoms with van der Waals surface area (Å²) in [6.07, 6.45) is 0. The summed E-state index contributed by atoms with van der Waals surface area (Å²) in [4.78, 5) is 0. The smallest absolute Gasteiger partial charge is 0.399 e. The van der Waals surface area contributed by atoms with E-state index < -0.39 is 18.3 Å². The molecule has 0 N–H and O–H groups in total. The van der Waals surface area contributed by atoms with E-state index in [1.165, 1.54) is 77.2 Å². The number of fused-ring (bicyclic) bond motifs is 4. The summed E-state index contributed by atoms with van der Waals surface area (Å²) < 4.78 is 13.2. The average molecular weight is 559 g/mol. The maximum absolute atomic E-state index is 6.59. The van der Waals surface area contributed by atoms with Crippen LogP contribution in [0.25, 0.3) is 66.1 Å². The lowest BCUT2D eigenvalue weighted by Gasteiger charge is -2.32. The SMILES string of the molecule is Cc1ccccc1-c1c2c(c(-c3ccccc3C)c3ccccc13)-c1ccc(B3OC(C)(C)C(C)(C)O3)c3cccc-2c13. The van der Waals surface area contributed by atoms with E-state index in [0.29, 0.717) is 0 Å². The molecule has 1 heterocycles. The molecule has 0 bridgehead atoms. The summed E-state index contributed by atoms with van der Waals surface area (Å²) in [7, 11) is -0.427. The Morgan fingerprint density at radius 2 is 0.884 bits per heavy atom. The minimum Gasteiger partial charge on any atom is -0.399 e. The van der Waals surface area contributed by atoms with Gasteiger partial charge in [-0.2, -0.15) is 0 Å². The van der Waals surface area contributed by atoms with Crippen molar-refractivity contribution >= 4 is 34.1 Å². The topological polar surface area (TPSA) is 18.5 Å². The maximum atomic E-state index is 6.59. The monoisotopic (exact) mass is 558 g/mol. The molecule has 0 radical (unpaired) electrons. The highest BCUT2D eigenvalue weighted by Gasteiger charge is 2.52. The van der Waals surface area contributed by atoms with Crippen LogP contribution in [0.3, 0.4) is 0 Å². The van der Waals surface area contributed by atoms with Crippen LogP contribution in [-0.2, 0) is 9.31 Å². The average Bonchev–Trinajstić information content (AvgIpc) is 3.43. The fourth-order valence-electron chi connectivity index (χ4n) is 7.26. The zero-order valence-electron chi connectivity index (χ0n) is 25.7. The van der Waals surface area contributed by atoms with Crippen LogP contribution in [0.1, 0.15) is 38.8 Å². The standard InChI is InChI=1S/C40H35BO2/c1-24-14-7-9-16-26(24)35-28-18-11-12-19-29(28)36(27-17-10-8-15-25(27)2)38-32-22-23-33(41-42-39(3,4)40(5,6)43-41)30-20-13-21-31(34(30)32)37(35)38/h7-23H,1-6H3. The van der Waals surface area contributed by atoms with Crippen molar-refractivity contribution < 1.29 is 9.31 Å². The van der Waals surface area contributed by atoms with Gasteiger partial charge in [-0.25, -0.2) is 0 Å². The van der Waals surface area contributed by atoms with E-state index in [9.17, 15) is 0 Å². The van der Waals surface area contributed by atoms with Gasteiger partial charge < -0.3 is 9.31 Å². The van der Waals surface area contributed by atoms with Crippen LogP contribution in [0.4, 0.5) is 0 Å². The first-order valence-corrected chi connectivity index (χ1v) is 15.3. The highest BCUT2D eigenvalue weighted by atomic mass is 16.7. The number of aryl methyl sites for hydroxylation is 2. The van der Waals surface area contributed by atoms with E-state index in [4.69, 9.17) is 9.31 Å². The predicted molar refractivity (Wildman–Crippen MR) is 182 cm³/mol. The van der Waals surface area contributed by atoms with Crippen LogP contribution in [-0.4, -0.2) is 18.3 Å². The summed E-state index contributed by atoms with van der Waals surface area (Å²) in [5.74, 6) is 0. The molecule has 210 valence electrons. The van der Waals surface area contributed by atoms with Gasteiger partial charge in [-0.3, -0.25) is 0 Å². The quantitative estimate of drug-likeness (QED) is 0.201. The van der Waals surface area contributed by atoms with E-state index in [1.54, 1.807) is 0 Å². The van der Waals surface area contributed by atoms with Crippen LogP contribution in [0, 0.1) is 13.8 Å². The number of hydrogen-bond donors (Lipinski definition) is 0. The zero-order chi connectivity index (χ0) is 29.7. The van der Waals surface area contributed by atoms with Crippen LogP contribution < -0.4 is 5.46 Å². The molecule has 0 unspecified atom stereocenters. The van der Waals surface area contributed by atoms with Crippen molar-refractivity contribution in [1.82, 2.24) is 0 Å². The summed E-state index contributed by atoms with van der Waals surface area (Å²) in [6.45, 7) is 12.9. The third kappa shape index (κ3) is 3.68. The summed E-state index contributed by atoms with van der Waals surface area (Å²) in [5.41, 5.74) is 13.2. The Morgan fingerprint density at radius 1 is 0.442 bits per heavy atom. The van der Waals surface area contributed by atoms with Crippen LogP contribution in [0.15, 0.2) is 103 Å². The van der Waals surface area contributed by atoms with E-state index in [2.05, 4.69) is 145 Å². The van der Waals surface area contributed by atoms with Gasteiger partial charge in [0.25, 0.3) is 0 Å². The molecule has 6 aromatic rings. The van der Waals surface area contributed by atoms with Gasteiger partial charge in [0.15, 0.2) is 0 Å². The number of benzene rings is 6. The minimum atomic E-state index is -0.427. The molecule has 8 rings (SSSR count). The van der Waals surface area contributed by atoms with Gasteiger partial charge in [0, 0.05) is 0 Å². The normalized spacial score (nSPS) is 16.3. The van der Waals surface area contributed by atoms with Gasteiger partial charge in [-0.05, 0) is 124 Å². The molecule has 1 aliphatic heterocycles. The molecule has 43 heavy (non-hydrogen) atoms. The van der Waals surface area contributed by atoms with Crippen LogP contribution >= 0.6 is 0 Å². The zero-order valence-corrected chi connectivity index (χ0v) is 25.7. The predicted octanol–water partition coefficient (Wildman–Crippen LogP) is 9.89. The van der Waals surface area contributed by atoms with Crippen LogP contribution in [0.5, 0.6) is 0 Å². The third-order valence-corrected chi connectivity index (χ3v) is 10.2. The third-order valence-electron chi connectivity index (χ3n) is 10.2. The Labute approximate surface area is 254 Å². The largest absolute Gasteiger partial charge is 0.495 e. The molecular formula is C40H35BO2. The lowest BCUT2D eigenvalue weighted by molar-refractivity contribution is 0.00578. The number of hydrogen-bond acceptors (Lipinski definition) is 2. The Balaban J connectivity index is 1.52. The molecule has 0 aromatic heterocycles. The van der Waals surface area contributed by atoms with E-state index >= 15 is 0 Å². The lowest BCUT2D eigenvalue weighted by atomic mass is 9.75. The second-order valence-corrected chi connectivity index (χ2v) is 13.2. The lowest BCUT2D eigenvalue weighted by Crippen LogP contribution is -2.41. The molecule has 1 fully saturated rings. The Hall–Kier alpha value is -4.18. The first-order chi connectivity index (χ1) is 20.7. The van der Waals surface area contributed by atoms with Crippen molar-refractivity contribution in [2.75, 3.05) is 0 Å². The molecule has 2 aliphatic rings. The van der Waals surface area contributed by atoms with Gasteiger partial charge >= 0.3 is 7.12 Å². The van der Waals surface area contributed by atoms with E-state index in [0.717, 1.165) is 5.46 Å². The Bertz CT molecular complexity index is 2010. The number of rotatable bonds is 3. The Kier molecular flexibility index (Phi) is 5.64. The van der Waals surface area contributed by atoms with Gasteiger partial charge in [0.05, 0.1) is 11.2 Å². The molecule has 0 atom stereocenters. The van der Waals surface area contributed by atoms with Crippen molar-refractivity contribution in [3.8, 4) is 44.5 Å². The molecule has 0 amide bonds. The van der Waals surface area contributed by atoms with Gasteiger partial charge in [0.1, 0.15) is 0 Å². The van der Waals surface area contributed by atoms with Crippen molar-refractivity contribution in [1.29, 1.82) is 0 Å². The molecule has 2 nitrogen and oxygen atoms in total. The molecule has 1 saturated heterocycles. The maximum Gasteiger partial charge on any atom is 0.495 e. The van der Waals surface area contributed by atoms with Crippen molar-refractivity contribution in [3.63, 3.8) is 0 Å². The van der Waals surface area contributed by atoms with Crippen molar-refractivity contribution in [3.05, 3.63) is 114 Å². The molecule has 1 aliphatic carbocycles. The van der Waals surface area contributed by atoms with E-state index in [1.807, 2.05) is 0 Å². The van der Waals surface area contributed by atoms with Crippen molar-refractivity contribution in [2.24, 2.45) is 0 Å².